The summed E-state index contributed by atoms with van der Waals surface area (Å²) in [5.41, 5.74) is 1.98. The molecule has 4 bridgehead atoms. The second-order valence-electron chi connectivity index (χ2n) is 11.1. The number of nitriles is 1. The van der Waals surface area contributed by atoms with E-state index in [2.05, 4.69) is 39.5 Å². The summed E-state index contributed by atoms with van der Waals surface area (Å²) in [5, 5.41) is 16.3. The SMILES string of the molecule is CCCCN1CCCC(C)CCCC(CC)c2nc(n(C)n2)C(/C(C)=C(/C#N)C=O)=N\c2sc1nc2C(C)C. The fraction of sp³-hybridized carbons (Fsp3) is 0.667. The quantitative estimate of drug-likeness (QED) is 0.204. The maximum absolute atomic E-state index is 11.8. The van der Waals surface area contributed by atoms with Crippen molar-refractivity contribution in [1.29, 1.82) is 5.26 Å². The number of hydrogen-bond acceptors (Lipinski definition) is 8. The van der Waals surface area contributed by atoms with Crippen molar-refractivity contribution in [3.05, 3.63) is 28.5 Å². The number of allylic oxidation sites excluding steroid dienone is 2. The van der Waals surface area contributed by atoms with E-state index in [0.29, 0.717) is 29.3 Å². The van der Waals surface area contributed by atoms with Gasteiger partial charge in [0.05, 0.1) is 11.3 Å². The number of unbranched alkanes of at least 4 members (excludes halogenated alkanes) is 1. The van der Waals surface area contributed by atoms with Crippen molar-refractivity contribution in [2.75, 3.05) is 18.0 Å². The predicted molar refractivity (Wildman–Crippen MR) is 160 cm³/mol. The molecule has 8 nitrogen and oxygen atoms in total. The lowest BCUT2D eigenvalue weighted by atomic mass is 9.93. The molecular weight excluding hydrogens is 506 g/mol. The lowest BCUT2D eigenvalue weighted by Crippen LogP contribution is -2.26. The van der Waals surface area contributed by atoms with Crippen LogP contribution in [0, 0.1) is 17.2 Å². The van der Waals surface area contributed by atoms with Crippen LogP contribution in [-0.2, 0) is 11.8 Å². The molecule has 0 radical (unpaired) electrons. The van der Waals surface area contributed by atoms with Crippen LogP contribution in [0.2, 0.25) is 0 Å². The number of carbonyl (C=O) groups is 1. The van der Waals surface area contributed by atoms with Gasteiger partial charge in [-0.05, 0) is 56.4 Å². The second-order valence-corrected chi connectivity index (χ2v) is 12.1. The van der Waals surface area contributed by atoms with Crippen molar-refractivity contribution >= 4 is 33.5 Å². The second kappa shape index (κ2) is 14.5. The Morgan fingerprint density at radius 3 is 2.59 bits per heavy atom. The standard InChI is InChI=1S/C30H45N7OS/c1-8-10-16-37-17-12-14-21(5)13-11-15-23(9-2)27-34-28(36(7)35-27)26(22(6)24(18-31)19-38)32-29-25(20(3)4)33-30(37)39-29/h19-21,23H,8-17H2,1-7H3/b24-22-,32-26-. The summed E-state index contributed by atoms with van der Waals surface area (Å²) in [6.07, 6.45) is 9.53. The van der Waals surface area contributed by atoms with Crippen LogP contribution in [0.25, 0.3) is 0 Å². The number of thiazole rings is 1. The highest BCUT2D eigenvalue weighted by Crippen LogP contribution is 2.39. The third kappa shape index (κ3) is 7.63. The molecule has 9 heteroatoms. The average molecular weight is 552 g/mol. The minimum atomic E-state index is 0.0469. The number of anilines is 1. The molecule has 2 unspecified atom stereocenters. The van der Waals surface area contributed by atoms with Crippen LogP contribution in [0.5, 0.6) is 0 Å². The average Bonchev–Trinajstić information content (AvgIpc) is 3.51. The van der Waals surface area contributed by atoms with Crippen molar-refractivity contribution < 1.29 is 4.79 Å². The van der Waals surface area contributed by atoms with E-state index in [1.54, 1.807) is 22.9 Å². The van der Waals surface area contributed by atoms with E-state index >= 15 is 0 Å². The third-order valence-corrected chi connectivity index (χ3v) is 8.68. The summed E-state index contributed by atoms with van der Waals surface area (Å²) in [6.45, 7) is 14.8. The predicted octanol–water partition coefficient (Wildman–Crippen LogP) is 7.26. The number of aldehydes is 1. The minimum Gasteiger partial charge on any atom is -0.348 e. The molecule has 0 N–H and O–H groups in total. The molecule has 1 aliphatic rings. The molecule has 0 fully saturated rings. The van der Waals surface area contributed by atoms with Crippen LogP contribution in [0.1, 0.15) is 122 Å². The van der Waals surface area contributed by atoms with E-state index in [-0.39, 0.29) is 17.4 Å². The van der Waals surface area contributed by atoms with Crippen molar-refractivity contribution in [1.82, 2.24) is 19.7 Å². The Morgan fingerprint density at radius 2 is 1.95 bits per heavy atom. The van der Waals surface area contributed by atoms with Crippen LogP contribution < -0.4 is 4.90 Å². The Bertz CT molecular complexity index is 1220. The first kappa shape index (κ1) is 30.7. The Hall–Kier alpha value is -2.86. The fourth-order valence-electron chi connectivity index (χ4n) is 5.07. The monoisotopic (exact) mass is 551 g/mol. The van der Waals surface area contributed by atoms with Crippen molar-refractivity contribution in [3.8, 4) is 6.07 Å². The van der Waals surface area contributed by atoms with Crippen molar-refractivity contribution in [2.24, 2.45) is 18.0 Å². The molecule has 0 amide bonds. The lowest BCUT2D eigenvalue weighted by Gasteiger charge is -2.22. The number of aryl methyl sites for hydroxylation is 1. The molecule has 3 rings (SSSR count). The highest BCUT2D eigenvalue weighted by Gasteiger charge is 2.25. The van der Waals surface area contributed by atoms with Gasteiger partial charge in [-0.2, -0.15) is 10.4 Å². The van der Waals surface area contributed by atoms with E-state index in [4.69, 9.17) is 20.1 Å². The van der Waals surface area contributed by atoms with Gasteiger partial charge in [0.1, 0.15) is 16.8 Å². The van der Waals surface area contributed by atoms with E-state index < -0.39 is 0 Å². The Kier molecular flexibility index (Phi) is 11.4. The first-order valence-electron chi connectivity index (χ1n) is 14.6. The van der Waals surface area contributed by atoms with Gasteiger partial charge in [0.15, 0.2) is 23.1 Å². The highest BCUT2D eigenvalue weighted by molar-refractivity contribution is 7.19. The minimum absolute atomic E-state index is 0.0469. The zero-order valence-electron chi connectivity index (χ0n) is 24.8. The smallest absolute Gasteiger partial charge is 0.187 e. The number of carbonyl (C=O) groups excluding carboxylic acids is 1. The number of aromatic nitrogens is 4. The molecule has 3 heterocycles. The van der Waals surface area contributed by atoms with Gasteiger partial charge in [0.25, 0.3) is 0 Å². The molecule has 2 aromatic rings. The van der Waals surface area contributed by atoms with Crippen molar-refractivity contribution in [3.63, 3.8) is 0 Å². The van der Waals surface area contributed by atoms with Gasteiger partial charge < -0.3 is 4.90 Å². The number of nitrogens with zero attached hydrogens (tertiary/aromatic N) is 7. The van der Waals surface area contributed by atoms with E-state index in [0.717, 1.165) is 73.3 Å². The fourth-order valence-corrected chi connectivity index (χ4v) is 6.22. The zero-order valence-corrected chi connectivity index (χ0v) is 25.6. The molecule has 39 heavy (non-hydrogen) atoms. The van der Waals surface area contributed by atoms with Crippen molar-refractivity contribution in [2.45, 2.75) is 105 Å². The van der Waals surface area contributed by atoms with E-state index in [1.165, 1.54) is 12.8 Å². The number of rotatable bonds is 7. The summed E-state index contributed by atoms with van der Waals surface area (Å²) in [4.78, 5) is 29.4. The van der Waals surface area contributed by atoms with Gasteiger partial charge in [0.2, 0.25) is 0 Å². The van der Waals surface area contributed by atoms with Gasteiger partial charge in [0, 0.05) is 26.1 Å². The molecule has 0 saturated heterocycles. The maximum atomic E-state index is 11.8. The molecular formula is C30H45N7OS. The van der Waals surface area contributed by atoms with Crippen LogP contribution in [-0.4, -0.2) is 44.8 Å². The summed E-state index contributed by atoms with van der Waals surface area (Å²) < 4.78 is 1.75. The number of aliphatic imine (C=N–C) groups is 1. The molecule has 212 valence electrons. The molecule has 2 atom stereocenters. The van der Waals surface area contributed by atoms with E-state index in [9.17, 15) is 10.1 Å². The first-order valence-corrected chi connectivity index (χ1v) is 15.4. The number of fused-ring (bicyclic) bond motifs is 4. The first-order chi connectivity index (χ1) is 18.7. The summed E-state index contributed by atoms with van der Waals surface area (Å²) >= 11 is 1.59. The highest BCUT2D eigenvalue weighted by atomic mass is 32.1. The molecule has 0 aromatic carbocycles. The third-order valence-electron chi connectivity index (χ3n) is 7.66. The Balaban J connectivity index is 2.26. The molecule has 0 spiro atoms. The molecule has 1 aliphatic heterocycles. The molecule has 0 aliphatic carbocycles. The van der Waals surface area contributed by atoms with Crippen LogP contribution in [0.3, 0.4) is 0 Å². The zero-order chi connectivity index (χ0) is 28.5. The van der Waals surface area contributed by atoms with Crippen LogP contribution in [0.4, 0.5) is 10.1 Å². The van der Waals surface area contributed by atoms with Crippen LogP contribution >= 0.6 is 11.3 Å². The van der Waals surface area contributed by atoms with E-state index in [1.807, 2.05) is 13.1 Å². The van der Waals surface area contributed by atoms with Crippen LogP contribution in [0.15, 0.2) is 16.1 Å². The Labute approximate surface area is 238 Å². The molecule has 2 aromatic heterocycles. The molecule has 0 saturated carbocycles. The number of hydrogen-bond donors (Lipinski definition) is 0. The van der Waals surface area contributed by atoms with Gasteiger partial charge in [-0.25, -0.2) is 19.6 Å². The van der Waals surface area contributed by atoms with Gasteiger partial charge in [-0.3, -0.25) is 4.79 Å². The Morgan fingerprint density at radius 1 is 1.21 bits per heavy atom. The summed E-state index contributed by atoms with van der Waals surface area (Å²) in [7, 11) is 1.86. The normalized spacial score (nSPS) is 21.1. The topological polar surface area (TPSA) is 100 Å². The summed E-state index contributed by atoms with van der Waals surface area (Å²) in [6, 6.07) is 2.04. The van der Waals surface area contributed by atoms with Gasteiger partial charge in [-0.15, -0.1) is 0 Å². The lowest BCUT2D eigenvalue weighted by molar-refractivity contribution is -0.104. The largest absolute Gasteiger partial charge is 0.348 e. The van der Waals surface area contributed by atoms with Gasteiger partial charge >= 0.3 is 0 Å². The maximum Gasteiger partial charge on any atom is 0.187 e. The van der Waals surface area contributed by atoms with Gasteiger partial charge in [-0.1, -0.05) is 65.2 Å². The summed E-state index contributed by atoms with van der Waals surface area (Å²) in [5.74, 6) is 2.47.